The third kappa shape index (κ3) is 3.91. The van der Waals surface area contributed by atoms with E-state index in [0.717, 1.165) is 31.4 Å². The molecule has 19 heavy (non-hydrogen) atoms. The average Bonchev–Trinajstić information content (AvgIpc) is 2.47. The lowest BCUT2D eigenvalue weighted by atomic mass is 10.00. The van der Waals surface area contributed by atoms with Gasteiger partial charge in [-0.05, 0) is 44.9 Å². The number of aromatic nitrogens is 1. The zero-order valence-corrected chi connectivity index (χ0v) is 12.2. The zero-order chi connectivity index (χ0) is 13.7. The molecular formula is C15H25N3O. The van der Waals surface area contributed by atoms with E-state index in [1.165, 1.54) is 18.5 Å². The van der Waals surface area contributed by atoms with Gasteiger partial charge < -0.3 is 15.0 Å². The fraction of sp³-hybridized carbons (Fsp3) is 0.667. The van der Waals surface area contributed by atoms with Crippen LogP contribution in [0.3, 0.4) is 0 Å². The van der Waals surface area contributed by atoms with Gasteiger partial charge in [-0.2, -0.15) is 0 Å². The van der Waals surface area contributed by atoms with E-state index in [1.807, 2.05) is 13.2 Å². The minimum absolute atomic E-state index is 0.301. The average molecular weight is 263 g/mol. The van der Waals surface area contributed by atoms with Crippen LogP contribution in [0, 0.1) is 5.92 Å². The van der Waals surface area contributed by atoms with Crippen molar-refractivity contribution in [3.63, 3.8) is 0 Å². The van der Waals surface area contributed by atoms with Crippen LogP contribution in [0.15, 0.2) is 18.3 Å². The van der Waals surface area contributed by atoms with E-state index in [4.69, 9.17) is 4.74 Å². The first-order valence-electron chi connectivity index (χ1n) is 7.13. The zero-order valence-electron chi connectivity index (χ0n) is 12.2. The van der Waals surface area contributed by atoms with E-state index in [0.29, 0.717) is 6.04 Å². The number of rotatable bonds is 5. The minimum Gasteiger partial charge on any atom is -0.381 e. The largest absolute Gasteiger partial charge is 0.381 e. The summed E-state index contributed by atoms with van der Waals surface area (Å²) in [5, 5.41) is 3.21. The third-order valence-electron chi connectivity index (χ3n) is 3.96. The lowest BCUT2D eigenvalue weighted by Gasteiger charge is -2.28. The molecule has 0 saturated carbocycles. The van der Waals surface area contributed by atoms with Gasteiger partial charge in [0.25, 0.3) is 0 Å². The molecule has 0 bridgehead atoms. The summed E-state index contributed by atoms with van der Waals surface area (Å²) < 4.78 is 5.40. The molecule has 1 unspecified atom stereocenters. The van der Waals surface area contributed by atoms with Crippen LogP contribution < -0.4 is 10.2 Å². The summed E-state index contributed by atoms with van der Waals surface area (Å²) in [6.07, 6.45) is 4.32. The van der Waals surface area contributed by atoms with Crippen LogP contribution >= 0.6 is 0 Å². The molecule has 0 aliphatic carbocycles. The molecule has 1 aliphatic rings. The highest BCUT2D eigenvalue weighted by atomic mass is 16.5. The minimum atomic E-state index is 0.301. The predicted octanol–water partition coefficient (Wildman–Crippen LogP) is 2.22. The molecule has 1 saturated heterocycles. The number of hydrogen-bond acceptors (Lipinski definition) is 4. The molecule has 1 aliphatic heterocycles. The monoisotopic (exact) mass is 263 g/mol. The molecule has 0 radical (unpaired) electrons. The van der Waals surface area contributed by atoms with Gasteiger partial charge in [-0.3, -0.25) is 4.98 Å². The number of nitrogens with one attached hydrogen (secondary N) is 1. The molecule has 0 spiro atoms. The first kappa shape index (κ1) is 14.3. The molecule has 2 rings (SSSR count). The van der Waals surface area contributed by atoms with Crippen molar-refractivity contribution in [1.82, 2.24) is 10.3 Å². The van der Waals surface area contributed by atoms with Crippen molar-refractivity contribution in [2.75, 3.05) is 38.8 Å². The standard InChI is InChI=1S/C15H25N3O/c1-12(16-2)15-5-4-14(10-17-15)18(3)11-13-6-8-19-9-7-13/h4-5,10,12-13,16H,6-9,11H2,1-3H3. The summed E-state index contributed by atoms with van der Waals surface area (Å²) in [6.45, 7) is 5.03. The SMILES string of the molecule is CNC(C)c1ccc(N(C)CC2CCOCC2)cn1. The van der Waals surface area contributed by atoms with E-state index in [1.54, 1.807) is 0 Å². The predicted molar refractivity (Wildman–Crippen MR) is 78.5 cm³/mol. The summed E-state index contributed by atoms with van der Waals surface area (Å²) in [4.78, 5) is 6.84. The van der Waals surface area contributed by atoms with Crippen LogP contribution in [0.1, 0.15) is 31.5 Å². The Morgan fingerprint density at radius 1 is 1.42 bits per heavy atom. The van der Waals surface area contributed by atoms with E-state index >= 15 is 0 Å². The van der Waals surface area contributed by atoms with Crippen molar-refractivity contribution in [3.8, 4) is 0 Å². The highest BCUT2D eigenvalue weighted by molar-refractivity contribution is 5.43. The Morgan fingerprint density at radius 2 is 2.16 bits per heavy atom. The van der Waals surface area contributed by atoms with Gasteiger partial charge in [-0.15, -0.1) is 0 Å². The molecule has 1 atom stereocenters. The molecule has 1 aromatic rings. The van der Waals surface area contributed by atoms with E-state index < -0.39 is 0 Å². The van der Waals surface area contributed by atoms with Gasteiger partial charge in [0.05, 0.1) is 17.6 Å². The second kappa shape index (κ2) is 6.87. The third-order valence-corrected chi connectivity index (χ3v) is 3.96. The highest BCUT2D eigenvalue weighted by Gasteiger charge is 2.16. The van der Waals surface area contributed by atoms with Gasteiger partial charge in [0, 0.05) is 32.8 Å². The molecule has 4 heteroatoms. The number of nitrogens with zero attached hydrogens (tertiary/aromatic N) is 2. The molecule has 1 N–H and O–H groups in total. The molecule has 1 aromatic heterocycles. The number of anilines is 1. The van der Waals surface area contributed by atoms with E-state index in [9.17, 15) is 0 Å². The van der Waals surface area contributed by atoms with Gasteiger partial charge in [0.15, 0.2) is 0 Å². The Balaban J connectivity index is 1.93. The van der Waals surface area contributed by atoms with Crippen LogP contribution in [-0.4, -0.2) is 38.8 Å². The van der Waals surface area contributed by atoms with Crippen LogP contribution in [0.5, 0.6) is 0 Å². The maximum atomic E-state index is 5.40. The van der Waals surface area contributed by atoms with Gasteiger partial charge in [0.1, 0.15) is 0 Å². The summed E-state index contributed by atoms with van der Waals surface area (Å²) >= 11 is 0. The Hall–Kier alpha value is -1.13. The Kier molecular flexibility index (Phi) is 5.16. The van der Waals surface area contributed by atoms with Gasteiger partial charge in [-0.1, -0.05) is 0 Å². The first-order chi connectivity index (χ1) is 9.20. The van der Waals surface area contributed by atoms with Gasteiger partial charge >= 0.3 is 0 Å². The van der Waals surface area contributed by atoms with Crippen LogP contribution in [0.25, 0.3) is 0 Å². The van der Waals surface area contributed by atoms with Gasteiger partial charge in [0.2, 0.25) is 0 Å². The molecule has 2 heterocycles. The van der Waals surface area contributed by atoms with Crippen molar-refractivity contribution < 1.29 is 4.74 Å². The summed E-state index contributed by atoms with van der Waals surface area (Å²) in [7, 11) is 4.10. The fourth-order valence-electron chi connectivity index (χ4n) is 2.45. The lowest BCUT2D eigenvalue weighted by molar-refractivity contribution is 0.0685. The van der Waals surface area contributed by atoms with Crippen molar-refractivity contribution >= 4 is 5.69 Å². The molecular weight excluding hydrogens is 238 g/mol. The number of pyridine rings is 1. The lowest BCUT2D eigenvalue weighted by Crippen LogP contribution is -2.29. The summed E-state index contributed by atoms with van der Waals surface area (Å²) in [5.41, 5.74) is 2.28. The quantitative estimate of drug-likeness (QED) is 0.884. The number of hydrogen-bond donors (Lipinski definition) is 1. The molecule has 0 amide bonds. The van der Waals surface area contributed by atoms with Crippen LogP contribution in [0.4, 0.5) is 5.69 Å². The number of ether oxygens (including phenoxy) is 1. The van der Waals surface area contributed by atoms with Crippen molar-refractivity contribution in [1.29, 1.82) is 0 Å². The molecule has 1 fully saturated rings. The fourth-order valence-corrected chi connectivity index (χ4v) is 2.45. The van der Waals surface area contributed by atoms with Crippen molar-refractivity contribution in [2.45, 2.75) is 25.8 Å². The van der Waals surface area contributed by atoms with Crippen molar-refractivity contribution in [2.24, 2.45) is 5.92 Å². The maximum absolute atomic E-state index is 5.40. The van der Waals surface area contributed by atoms with E-state index in [2.05, 4.69) is 41.3 Å². The normalized spacial score (nSPS) is 18.3. The van der Waals surface area contributed by atoms with Crippen LogP contribution in [0.2, 0.25) is 0 Å². The van der Waals surface area contributed by atoms with Crippen molar-refractivity contribution in [3.05, 3.63) is 24.0 Å². The topological polar surface area (TPSA) is 37.4 Å². The molecule has 0 aromatic carbocycles. The summed E-state index contributed by atoms with van der Waals surface area (Å²) in [5.74, 6) is 0.745. The molecule has 4 nitrogen and oxygen atoms in total. The van der Waals surface area contributed by atoms with E-state index in [-0.39, 0.29) is 0 Å². The highest BCUT2D eigenvalue weighted by Crippen LogP contribution is 2.20. The first-order valence-corrected chi connectivity index (χ1v) is 7.13. The smallest absolute Gasteiger partial charge is 0.0571 e. The van der Waals surface area contributed by atoms with Crippen LogP contribution in [-0.2, 0) is 4.74 Å². The Labute approximate surface area is 116 Å². The maximum Gasteiger partial charge on any atom is 0.0571 e. The Morgan fingerprint density at radius 3 is 2.74 bits per heavy atom. The second-order valence-electron chi connectivity index (χ2n) is 5.39. The Bertz CT molecular complexity index is 373. The molecule has 106 valence electrons. The summed E-state index contributed by atoms with van der Waals surface area (Å²) in [6, 6.07) is 4.57. The second-order valence-corrected chi connectivity index (χ2v) is 5.39. The van der Waals surface area contributed by atoms with Gasteiger partial charge in [-0.25, -0.2) is 0 Å².